The number of phosphoric ester groups is 3. The third kappa shape index (κ3) is 35.0. The summed E-state index contributed by atoms with van der Waals surface area (Å²) in [6, 6.07) is 0. The molecule has 1 fully saturated rings. The Morgan fingerprint density at radius 1 is 0.464 bits per heavy atom. The van der Waals surface area contributed by atoms with Crippen molar-refractivity contribution in [1.82, 2.24) is 0 Å². The molecule has 1 aliphatic rings. The Bertz CT molecular complexity index is 1630. The average molecular weight is 1050 g/mol. The number of aliphatic hydroxyl groups excluding tert-OH is 3. The van der Waals surface area contributed by atoms with Gasteiger partial charge in [0.2, 0.25) is 0 Å². The maximum absolute atomic E-state index is 13.1. The molecule has 1 saturated carbocycles. The van der Waals surface area contributed by atoms with E-state index in [4.69, 9.17) is 18.5 Å². The van der Waals surface area contributed by atoms with Gasteiger partial charge in [-0.15, -0.1) is 0 Å². The van der Waals surface area contributed by atoms with E-state index in [1.807, 2.05) is 0 Å². The van der Waals surface area contributed by atoms with E-state index in [2.05, 4.69) is 71.5 Å². The molecule has 0 aromatic rings. The van der Waals surface area contributed by atoms with E-state index in [0.29, 0.717) is 12.8 Å². The second-order valence-electron chi connectivity index (χ2n) is 17.4. The Kier molecular flexibility index (Phi) is 36.5. The number of ether oxygens (including phenoxy) is 2. The van der Waals surface area contributed by atoms with Crippen LogP contribution in [0.5, 0.6) is 0 Å². The lowest BCUT2D eigenvalue weighted by Gasteiger charge is -2.44. The fourth-order valence-electron chi connectivity index (χ4n) is 7.35. The van der Waals surface area contributed by atoms with E-state index in [-0.39, 0.29) is 12.8 Å². The molecule has 69 heavy (non-hydrogen) atoms. The monoisotopic (exact) mass is 1050 g/mol. The number of phosphoric acid groups is 3. The summed E-state index contributed by atoms with van der Waals surface area (Å²) in [6.45, 7) is 2.89. The second kappa shape index (κ2) is 38.7. The van der Waals surface area contributed by atoms with Crippen LogP contribution in [0.2, 0.25) is 0 Å². The minimum absolute atomic E-state index is 0.0181. The molecule has 0 spiro atoms. The van der Waals surface area contributed by atoms with Crippen molar-refractivity contribution in [3.63, 3.8) is 0 Å². The van der Waals surface area contributed by atoms with Crippen LogP contribution in [-0.2, 0) is 50.9 Å². The molecule has 1 rings (SSSR count). The first-order chi connectivity index (χ1) is 32.8. The molecular weight excluding hydrogens is 961 g/mol. The molecule has 19 nitrogen and oxygen atoms in total. The van der Waals surface area contributed by atoms with Crippen molar-refractivity contribution in [1.29, 1.82) is 0 Å². The lowest BCUT2D eigenvalue weighted by molar-refractivity contribution is -0.213. The summed E-state index contributed by atoms with van der Waals surface area (Å²) in [4.78, 5) is 73.3. The third-order valence-corrected chi connectivity index (χ3v) is 13.1. The number of unbranched alkanes of at least 4 members (excludes halogenated alkanes) is 18. The van der Waals surface area contributed by atoms with E-state index in [1.54, 1.807) is 0 Å². The number of carbonyl (C=O) groups is 2. The van der Waals surface area contributed by atoms with Gasteiger partial charge >= 0.3 is 35.4 Å². The lowest BCUT2D eigenvalue weighted by Crippen LogP contribution is -2.65. The standard InChI is InChI=1S/C47H85O19P3/c1-3-5-7-9-11-13-15-17-19-20-22-23-25-27-29-31-33-35-40(48)61-37-39(63-41(49)36-34-32-30-28-26-24-21-18-16-14-12-10-8-6-4-2)38-62-69(59,60)66-45-42(50)43(51)46(64-67(53,54)55)47(44(45)52)65-68(56,57)58/h11,13,17-19,21-23,39,42-47,50-52H,3-10,12,14-16,20,24-38H2,1-2H3,(H,59,60)(H2,53,54,55)(H2,56,57,58)/t39-,42?,43?,44?,45+,46?,47+/m1/s1. The number of aliphatic hydroxyl groups is 3. The van der Waals surface area contributed by atoms with Crippen LogP contribution < -0.4 is 0 Å². The van der Waals surface area contributed by atoms with E-state index in [9.17, 15) is 63.1 Å². The number of hydrogen-bond acceptors (Lipinski definition) is 14. The second-order valence-corrected chi connectivity index (χ2v) is 21.2. The molecule has 0 saturated heterocycles. The quantitative estimate of drug-likeness (QED) is 0.0122. The molecule has 0 heterocycles. The van der Waals surface area contributed by atoms with E-state index in [0.717, 1.165) is 83.5 Å². The first-order valence-electron chi connectivity index (χ1n) is 24.9. The number of carbonyl (C=O) groups excluding carboxylic acids is 2. The van der Waals surface area contributed by atoms with Crippen molar-refractivity contribution < 1.29 is 90.6 Å². The SMILES string of the molecule is CCCCCC=CCC=CCC=CCCCCCCC(=O)OC[C@H](COP(=O)(O)O[C@H]1C(O)C(O)C(OP(=O)(O)O)[C@@H](OP(=O)(O)O)C1O)OC(=O)CCCCCCCC=CCCCCCCCC. The molecule has 402 valence electrons. The summed E-state index contributed by atoms with van der Waals surface area (Å²) in [7, 11) is -16.6. The summed E-state index contributed by atoms with van der Waals surface area (Å²) < 4.78 is 65.5. The fourth-order valence-corrected chi connectivity index (χ4v) is 9.44. The van der Waals surface area contributed by atoms with E-state index >= 15 is 0 Å². The summed E-state index contributed by atoms with van der Waals surface area (Å²) in [5, 5.41) is 31.9. The van der Waals surface area contributed by atoms with Crippen molar-refractivity contribution in [3.8, 4) is 0 Å². The average Bonchev–Trinajstić information content (AvgIpc) is 3.28. The molecule has 5 unspecified atom stereocenters. The highest BCUT2D eigenvalue weighted by Gasteiger charge is 2.56. The van der Waals surface area contributed by atoms with Crippen molar-refractivity contribution in [2.24, 2.45) is 0 Å². The van der Waals surface area contributed by atoms with Gasteiger partial charge in [0, 0.05) is 12.8 Å². The molecule has 0 amide bonds. The van der Waals surface area contributed by atoms with Gasteiger partial charge in [0.15, 0.2) is 6.10 Å². The molecule has 0 aliphatic heterocycles. The maximum Gasteiger partial charge on any atom is 0.472 e. The zero-order chi connectivity index (χ0) is 51.4. The number of allylic oxidation sites excluding steroid dienone is 8. The van der Waals surface area contributed by atoms with Crippen molar-refractivity contribution in [2.45, 2.75) is 224 Å². The van der Waals surface area contributed by atoms with Gasteiger partial charge in [-0.25, -0.2) is 13.7 Å². The Balaban J connectivity index is 2.73. The van der Waals surface area contributed by atoms with Gasteiger partial charge < -0.3 is 49.3 Å². The summed E-state index contributed by atoms with van der Waals surface area (Å²) >= 11 is 0. The molecular formula is C47H85O19P3. The number of hydrogen-bond donors (Lipinski definition) is 8. The topological polar surface area (TPSA) is 303 Å². The van der Waals surface area contributed by atoms with Crippen LogP contribution in [0.25, 0.3) is 0 Å². The van der Waals surface area contributed by atoms with E-state index < -0.39 is 91.3 Å². The van der Waals surface area contributed by atoms with Gasteiger partial charge in [0.25, 0.3) is 0 Å². The fraction of sp³-hybridized carbons (Fsp3) is 0.787. The van der Waals surface area contributed by atoms with Gasteiger partial charge in [-0.05, 0) is 77.0 Å². The van der Waals surface area contributed by atoms with Crippen molar-refractivity contribution in [3.05, 3.63) is 48.6 Å². The summed E-state index contributed by atoms with van der Waals surface area (Å²) in [6.07, 6.45) is 25.5. The van der Waals surface area contributed by atoms with Crippen LogP contribution in [0.15, 0.2) is 48.6 Å². The highest BCUT2D eigenvalue weighted by molar-refractivity contribution is 7.47. The first-order valence-corrected chi connectivity index (χ1v) is 29.5. The van der Waals surface area contributed by atoms with Crippen LogP contribution in [0.4, 0.5) is 0 Å². The number of rotatable bonds is 42. The Labute approximate surface area is 410 Å². The highest BCUT2D eigenvalue weighted by atomic mass is 31.2. The molecule has 22 heteroatoms. The maximum atomic E-state index is 13.1. The predicted molar refractivity (Wildman–Crippen MR) is 261 cm³/mol. The van der Waals surface area contributed by atoms with Gasteiger partial charge in [-0.1, -0.05) is 140 Å². The van der Waals surface area contributed by atoms with Crippen LogP contribution in [0.1, 0.15) is 181 Å². The van der Waals surface area contributed by atoms with Crippen LogP contribution in [0, 0.1) is 0 Å². The van der Waals surface area contributed by atoms with Crippen molar-refractivity contribution in [2.75, 3.05) is 13.2 Å². The summed E-state index contributed by atoms with van der Waals surface area (Å²) in [5.41, 5.74) is 0. The van der Waals surface area contributed by atoms with E-state index in [1.165, 1.54) is 57.8 Å². The molecule has 8 atom stereocenters. The van der Waals surface area contributed by atoms with Crippen LogP contribution >= 0.6 is 23.5 Å². The summed E-state index contributed by atoms with van der Waals surface area (Å²) in [5.74, 6) is -1.33. The normalized spacial score (nSPS) is 21.7. The molecule has 0 aromatic carbocycles. The molecule has 0 radical (unpaired) electrons. The lowest BCUT2D eigenvalue weighted by atomic mass is 9.85. The van der Waals surface area contributed by atoms with Gasteiger partial charge in [0.05, 0.1) is 6.61 Å². The van der Waals surface area contributed by atoms with Gasteiger partial charge in [-0.2, -0.15) is 0 Å². The Hall–Kier alpha value is -1.89. The largest absolute Gasteiger partial charge is 0.472 e. The minimum Gasteiger partial charge on any atom is -0.462 e. The van der Waals surface area contributed by atoms with Crippen LogP contribution in [0.3, 0.4) is 0 Å². The molecule has 0 aromatic heterocycles. The predicted octanol–water partition coefficient (Wildman–Crippen LogP) is 9.40. The molecule has 8 N–H and O–H groups in total. The van der Waals surface area contributed by atoms with Gasteiger partial charge in [-0.3, -0.25) is 27.7 Å². The zero-order valence-electron chi connectivity index (χ0n) is 40.9. The number of esters is 2. The Morgan fingerprint density at radius 2 is 0.841 bits per heavy atom. The zero-order valence-corrected chi connectivity index (χ0v) is 43.6. The molecule has 1 aliphatic carbocycles. The first kappa shape index (κ1) is 65.1. The minimum atomic E-state index is -5.61. The van der Waals surface area contributed by atoms with Crippen molar-refractivity contribution >= 4 is 35.4 Å². The van der Waals surface area contributed by atoms with Gasteiger partial charge in [0.1, 0.15) is 43.2 Å². The third-order valence-electron chi connectivity index (χ3n) is 11.1. The smallest absolute Gasteiger partial charge is 0.462 e. The highest BCUT2D eigenvalue weighted by Crippen LogP contribution is 2.51. The van der Waals surface area contributed by atoms with Crippen LogP contribution in [-0.4, -0.2) is 108 Å². The molecule has 0 bridgehead atoms. The Morgan fingerprint density at radius 3 is 1.33 bits per heavy atom.